The minimum Gasteiger partial charge on any atom is -0.498 e. The number of nitrogens with zero attached hydrogens (tertiary/aromatic N) is 1. The largest absolute Gasteiger partial charge is 0.788 e. The summed E-state index contributed by atoms with van der Waals surface area (Å²) >= 11 is 0. The van der Waals surface area contributed by atoms with Crippen molar-refractivity contribution in [2.75, 3.05) is 27.2 Å². The molecule has 0 aliphatic carbocycles. The minimum absolute atomic E-state index is 0.589. The molecule has 1 aromatic carbocycles. The highest BCUT2D eigenvalue weighted by Crippen LogP contribution is 2.32. The Morgan fingerprint density at radius 2 is 1.80 bits per heavy atom. The van der Waals surface area contributed by atoms with E-state index < -0.39 is 7.32 Å². The Kier molecular flexibility index (Phi) is 3.13. The molecule has 0 spiro atoms. The van der Waals surface area contributed by atoms with Crippen LogP contribution in [0.25, 0.3) is 0 Å². The zero-order valence-electron chi connectivity index (χ0n) is 8.97. The average Bonchev–Trinajstić information content (AvgIpc) is 2.59. The SMILES string of the molecule is CN(C)CCOB1Oc2ccccc2O1. The topological polar surface area (TPSA) is 30.9 Å². The lowest BCUT2D eigenvalue weighted by Gasteiger charge is -2.10. The lowest BCUT2D eigenvalue weighted by molar-refractivity contribution is 0.197. The quantitative estimate of drug-likeness (QED) is 0.689. The van der Waals surface area contributed by atoms with Crippen LogP contribution in [0.5, 0.6) is 11.5 Å². The summed E-state index contributed by atoms with van der Waals surface area (Å²) in [4.78, 5) is 2.04. The van der Waals surface area contributed by atoms with Gasteiger partial charge < -0.3 is 18.9 Å². The molecule has 0 amide bonds. The minimum atomic E-state index is -0.595. The van der Waals surface area contributed by atoms with Crippen LogP contribution in [0, 0.1) is 0 Å². The van der Waals surface area contributed by atoms with Gasteiger partial charge in [-0.2, -0.15) is 0 Å². The maximum absolute atomic E-state index is 5.43. The summed E-state index contributed by atoms with van der Waals surface area (Å²) in [5.74, 6) is 1.49. The van der Waals surface area contributed by atoms with Crippen molar-refractivity contribution in [1.29, 1.82) is 0 Å². The van der Waals surface area contributed by atoms with E-state index in [4.69, 9.17) is 14.0 Å². The van der Waals surface area contributed by atoms with Crippen LogP contribution < -0.4 is 9.31 Å². The number of para-hydroxylation sites is 2. The molecule has 80 valence electrons. The Labute approximate surface area is 89.9 Å². The molecule has 4 nitrogen and oxygen atoms in total. The van der Waals surface area contributed by atoms with Crippen LogP contribution in [-0.2, 0) is 4.65 Å². The zero-order chi connectivity index (χ0) is 10.7. The fraction of sp³-hybridized carbons (Fsp3) is 0.400. The van der Waals surface area contributed by atoms with Gasteiger partial charge in [0.2, 0.25) is 0 Å². The molecule has 1 aliphatic heterocycles. The second-order valence-electron chi connectivity index (χ2n) is 3.65. The molecule has 0 atom stereocenters. The van der Waals surface area contributed by atoms with Crippen LogP contribution in [0.4, 0.5) is 0 Å². The maximum Gasteiger partial charge on any atom is 0.788 e. The number of fused-ring (bicyclic) bond motifs is 1. The molecule has 0 bridgehead atoms. The van der Waals surface area contributed by atoms with Gasteiger partial charge in [-0.05, 0) is 26.2 Å². The number of likely N-dealkylation sites (N-methyl/N-ethyl adjacent to an activating group) is 1. The van der Waals surface area contributed by atoms with E-state index in [2.05, 4.69) is 0 Å². The molecule has 0 radical (unpaired) electrons. The standard InChI is InChI=1S/C10H14BNO3/c1-12(2)7-8-13-11-14-9-5-3-4-6-10(9)15-11/h3-6H,7-8H2,1-2H3. The third kappa shape index (κ3) is 2.64. The van der Waals surface area contributed by atoms with E-state index in [-0.39, 0.29) is 0 Å². The van der Waals surface area contributed by atoms with Crippen molar-refractivity contribution < 1.29 is 14.0 Å². The van der Waals surface area contributed by atoms with Crippen LogP contribution in [0.1, 0.15) is 0 Å². The first-order valence-electron chi connectivity index (χ1n) is 4.94. The van der Waals surface area contributed by atoms with Crippen molar-refractivity contribution in [3.8, 4) is 11.5 Å². The van der Waals surface area contributed by atoms with E-state index in [0.29, 0.717) is 6.61 Å². The Balaban J connectivity index is 1.80. The molecule has 0 saturated heterocycles. The van der Waals surface area contributed by atoms with Crippen molar-refractivity contribution >= 4 is 7.32 Å². The number of hydrogen-bond donors (Lipinski definition) is 0. The molecule has 2 rings (SSSR count). The van der Waals surface area contributed by atoms with Crippen molar-refractivity contribution in [2.45, 2.75) is 0 Å². The molecule has 1 aliphatic rings. The van der Waals surface area contributed by atoms with Gasteiger partial charge in [0.1, 0.15) is 11.5 Å². The third-order valence-electron chi connectivity index (χ3n) is 2.09. The lowest BCUT2D eigenvalue weighted by atomic mass is 10.2. The highest BCUT2D eigenvalue weighted by Gasteiger charge is 2.34. The van der Waals surface area contributed by atoms with Crippen molar-refractivity contribution in [3.63, 3.8) is 0 Å². The predicted octanol–water partition coefficient (Wildman–Crippen LogP) is 1.02. The first-order valence-corrected chi connectivity index (χ1v) is 4.94. The summed E-state index contributed by atoms with van der Waals surface area (Å²) in [6.07, 6.45) is 0. The maximum atomic E-state index is 5.43. The van der Waals surface area contributed by atoms with Gasteiger partial charge in [0.15, 0.2) is 0 Å². The second kappa shape index (κ2) is 4.55. The Bertz CT molecular complexity index is 307. The lowest BCUT2D eigenvalue weighted by Crippen LogP contribution is -2.32. The fourth-order valence-corrected chi connectivity index (χ4v) is 1.28. The normalized spacial score (nSPS) is 13.7. The summed E-state index contributed by atoms with van der Waals surface area (Å²) < 4.78 is 16.3. The first-order chi connectivity index (χ1) is 7.25. The summed E-state index contributed by atoms with van der Waals surface area (Å²) in [7, 11) is 3.39. The molecule has 0 N–H and O–H groups in total. The molecular weight excluding hydrogens is 193 g/mol. The van der Waals surface area contributed by atoms with Gasteiger partial charge in [-0.1, -0.05) is 12.1 Å². The van der Waals surface area contributed by atoms with E-state index in [1.807, 2.05) is 43.3 Å². The summed E-state index contributed by atoms with van der Waals surface area (Å²) in [6, 6.07) is 7.55. The van der Waals surface area contributed by atoms with Gasteiger partial charge in [-0.15, -0.1) is 0 Å². The first kappa shape index (κ1) is 10.3. The Morgan fingerprint density at radius 1 is 1.20 bits per heavy atom. The number of benzene rings is 1. The van der Waals surface area contributed by atoms with Crippen LogP contribution >= 0.6 is 0 Å². The van der Waals surface area contributed by atoms with E-state index in [1.165, 1.54) is 0 Å². The second-order valence-corrected chi connectivity index (χ2v) is 3.65. The molecule has 0 saturated carbocycles. The molecule has 0 fully saturated rings. The van der Waals surface area contributed by atoms with Gasteiger partial charge in [0.25, 0.3) is 0 Å². The van der Waals surface area contributed by atoms with Gasteiger partial charge in [-0.25, -0.2) is 0 Å². The van der Waals surface area contributed by atoms with Crippen LogP contribution in [0.15, 0.2) is 24.3 Å². The highest BCUT2D eigenvalue weighted by atomic mass is 16.8. The molecule has 1 heterocycles. The molecule has 0 aromatic heterocycles. The predicted molar refractivity (Wildman–Crippen MR) is 58.0 cm³/mol. The van der Waals surface area contributed by atoms with E-state index in [1.54, 1.807) is 0 Å². The number of rotatable bonds is 4. The van der Waals surface area contributed by atoms with E-state index in [0.717, 1.165) is 18.0 Å². The highest BCUT2D eigenvalue weighted by molar-refractivity contribution is 6.40. The summed E-state index contributed by atoms with van der Waals surface area (Å²) in [5, 5.41) is 0. The average molecular weight is 207 g/mol. The molecule has 1 aromatic rings. The molecule has 5 heteroatoms. The van der Waals surface area contributed by atoms with E-state index >= 15 is 0 Å². The number of hydrogen-bond acceptors (Lipinski definition) is 4. The summed E-state index contributed by atoms with van der Waals surface area (Å²) in [5.41, 5.74) is 0. The smallest absolute Gasteiger partial charge is 0.498 e. The van der Waals surface area contributed by atoms with Crippen LogP contribution in [0.2, 0.25) is 0 Å². The molecule has 15 heavy (non-hydrogen) atoms. The van der Waals surface area contributed by atoms with Gasteiger partial charge >= 0.3 is 7.32 Å². The van der Waals surface area contributed by atoms with Crippen molar-refractivity contribution in [3.05, 3.63) is 24.3 Å². The third-order valence-corrected chi connectivity index (χ3v) is 2.09. The Morgan fingerprint density at radius 3 is 2.33 bits per heavy atom. The van der Waals surface area contributed by atoms with Crippen molar-refractivity contribution in [2.24, 2.45) is 0 Å². The summed E-state index contributed by atoms with van der Waals surface area (Å²) in [6.45, 7) is 1.44. The van der Waals surface area contributed by atoms with Crippen molar-refractivity contribution in [1.82, 2.24) is 4.90 Å². The molecule has 0 unspecified atom stereocenters. The Hall–Kier alpha value is -1.20. The van der Waals surface area contributed by atoms with E-state index in [9.17, 15) is 0 Å². The fourth-order valence-electron chi connectivity index (χ4n) is 1.28. The van der Waals surface area contributed by atoms with Gasteiger partial charge in [0, 0.05) is 13.2 Å². The molecular formula is C10H14BNO3. The monoisotopic (exact) mass is 207 g/mol. The van der Waals surface area contributed by atoms with Gasteiger partial charge in [0.05, 0.1) is 0 Å². The zero-order valence-corrected chi connectivity index (χ0v) is 8.97. The van der Waals surface area contributed by atoms with Gasteiger partial charge in [-0.3, -0.25) is 0 Å². The van der Waals surface area contributed by atoms with Crippen LogP contribution in [-0.4, -0.2) is 39.5 Å². The van der Waals surface area contributed by atoms with Crippen LogP contribution in [0.3, 0.4) is 0 Å².